The van der Waals surface area contributed by atoms with E-state index >= 15 is 0 Å². The summed E-state index contributed by atoms with van der Waals surface area (Å²) >= 11 is 0. The molecule has 1 aromatic carbocycles. The van der Waals surface area contributed by atoms with Crippen molar-refractivity contribution in [2.24, 2.45) is 5.92 Å². The van der Waals surface area contributed by atoms with Gasteiger partial charge in [0.05, 0.1) is 0 Å². The molecule has 0 aliphatic heterocycles. The van der Waals surface area contributed by atoms with Crippen LogP contribution in [0.25, 0.3) is 0 Å². The van der Waals surface area contributed by atoms with Crippen LogP contribution in [0.15, 0.2) is 18.2 Å². The van der Waals surface area contributed by atoms with Crippen LogP contribution < -0.4 is 10.6 Å². The maximum Gasteiger partial charge on any atom is 0.319 e. The molecular formula is C17H26N2O. The van der Waals surface area contributed by atoms with E-state index in [-0.39, 0.29) is 6.03 Å². The number of rotatable bonds is 3. The summed E-state index contributed by atoms with van der Waals surface area (Å²) in [5.74, 6) is 0.581. The van der Waals surface area contributed by atoms with Crippen LogP contribution in [-0.4, -0.2) is 12.1 Å². The molecule has 1 aromatic rings. The van der Waals surface area contributed by atoms with Crippen LogP contribution in [-0.2, 0) is 6.42 Å². The molecule has 3 nitrogen and oxygen atoms in total. The summed E-state index contributed by atoms with van der Waals surface area (Å²) in [4.78, 5) is 12.2. The van der Waals surface area contributed by atoms with E-state index in [1.807, 2.05) is 19.1 Å². The van der Waals surface area contributed by atoms with Crippen LogP contribution in [0.3, 0.4) is 0 Å². The van der Waals surface area contributed by atoms with Gasteiger partial charge in [-0.25, -0.2) is 4.79 Å². The number of aryl methyl sites for hydroxylation is 2. The minimum Gasteiger partial charge on any atom is -0.335 e. The van der Waals surface area contributed by atoms with E-state index in [4.69, 9.17) is 0 Å². The molecule has 0 radical (unpaired) electrons. The number of anilines is 1. The molecule has 0 saturated heterocycles. The van der Waals surface area contributed by atoms with Crippen LogP contribution in [0.5, 0.6) is 0 Å². The first-order valence-corrected chi connectivity index (χ1v) is 7.77. The van der Waals surface area contributed by atoms with E-state index in [0.717, 1.165) is 24.1 Å². The fraction of sp³-hybridized carbons (Fsp3) is 0.588. The Morgan fingerprint density at radius 1 is 1.30 bits per heavy atom. The first-order chi connectivity index (χ1) is 9.61. The lowest BCUT2D eigenvalue weighted by Gasteiger charge is -2.29. The number of amides is 2. The summed E-state index contributed by atoms with van der Waals surface area (Å²) in [5.41, 5.74) is 3.28. The van der Waals surface area contributed by atoms with E-state index in [0.29, 0.717) is 12.0 Å². The molecule has 0 aromatic heterocycles. The third-order valence-corrected chi connectivity index (χ3v) is 4.41. The number of nitrogens with one attached hydrogen (secondary N) is 2. The van der Waals surface area contributed by atoms with Crippen LogP contribution in [0.2, 0.25) is 0 Å². The Morgan fingerprint density at radius 3 is 2.75 bits per heavy atom. The number of benzene rings is 1. The van der Waals surface area contributed by atoms with E-state index in [1.165, 1.54) is 24.8 Å². The Bertz CT molecular complexity index is 470. The van der Waals surface area contributed by atoms with Crippen LogP contribution in [0.4, 0.5) is 10.5 Å². The van der Waals surface area contributed by atoms with E-state index in [2.05, 4.69) is 30.5 Å². The molecule has 0 unspecified atom stereocenters. The van der Waals surface area contributed by atoms with Crippen molar-refractivity contribution < 1.29 is 4.79 Å². The minimum atomic E-state index is -0.0623. The molecule has 2 rings (SSSR count). The van der Waals surface area contributed by atoms with Gasteiger partial charge in [-0.05, 0) is 43.2 Å². The second kappa shape index (κ2) is 6.78. The topological polar surface area (TPSA) is 41.1 Å². The predicted octanol–water partition coefficient (Wildman–Crippen LogP) is 4.26. The fourth-order valence-corrected chi connectivity index (χ4v) is 3.05. The molecule has 1 saturated carbocycles. The number of para-hydroxylation sites is 1. The van der Waals surface area contributed by atoms with Crippen molar-refractivity contribution in [1.29, 1.82) is 0 Å². The highest BCUT2D eigenvalue weighted by molar-refractivity contribution is 5.91. The molecule has 1 aliphatic rings. The van der Waals surface area contributed by atoms with Crippen molar-refractivity contribution in [3.8, 4) is 0 Å². The molecule has 0 heterocycles. The van der Waals surface area contributed by atoms with Gasteiger partial charge in [0.25, 0.3) is 0 Å². The van der Waals surface area contributed by atoms with Crippen molar-refractivity contribution in [1.82, 2.24) is 5.32 Å². The van der Waals surface area contributed by atoms with Crippen LogP contribution >= 0.6 is 0 Å². The molecule has 1 fully saturated rings. The average molecular weight is 274 g/mol. The Hall–Kier alpha value is -1.51. The Balaban J connectivity index is 2.01. The summed E-state index contributed by atoms with van der Waals surface area (Å²) < 4.78 is 0. The molecule has 2 atom stereocenters. The van der Waals surface area contributed by atoms with Crippen molar-refractivity contribution in [2.75, 3.05) is 5.32 Å². The Morgan fingerprint density at radius 2 is 2.05 bits per heavy atom. The van der Waals surface area contributed by atoms with Gasteiger partial charge in [-0.1, -0.05) is 44.9 Å². The van der Waals surface area contributed by atoms with Gasteiger partial charge in [0, 0.05) is 11.7 Å². The molecule has 3 heteroatoms. The summed E-state index contributed by atoms with van der Waals surface area (Å²) in [5, 5.41) is 6.19. The second-order valence-electron chi connectivity index (χ2n) is 5.93. The van der Waals surface area contributed by atoms with Gasteiger partial charge in [0.1, 0.15) is 0 Å². The summed E-state index contributed by atoms with van der Waals surface area (Å²) in [6.45, 7) is 6.38. The molecule has 2 N–H and O–H groups in total. The van der Waals surface area contributed by atoms with Crippen LogP contribution in [0, 0.1) is 12.8 Å². The monoisotopic (exact) mass is 274 g/mol. The maximum absolute atomic E-state index is 12.2. The fourth-order valence-electron chi connectivity index (χ4n) is 3.05. The number of hydrogen-bond acceptors (Lipinski definition) is 1. The van der Waals surface area contributed by atoms with Gasteiger partial charge in [-0.3, -0.25) is 0 Å². The molecule has 2 amide bonds. The highest BCUT2D eigenvalue weighted by atomic mass is 16.2. The summed E-state index contributed by atoms with van der Waals surface area (Å²) in [6, 6.07) is 6.41. The molecule has 0 spiro atoms. The maximum atomic E-state index is 12.2. The SMILES string of the molecule is CCc1cccc(C)c1NC(=O)N[C@H]1CCCC[C@H]1C. The van der Waals surface area contributed by atoms with E-state index < -0.39 is 0 Å². The minimum absolute atomic E-state index is 0.0623. The Kier molecular flexibility index (Phi) is 5.05. The number of carbonyl (C=O) groups is 1. The van der Waals surface area contributed by atoms with E-state index in [9.17, 15) is 4.79 Å². The van der Waals surface area contributed by atoms with Crippen LogP contribution in [0.1, 0.15) is 50.7 Å². The largest absolute Gasteiger partial charge is 0.335 e. The van der Waals surface area contributed by atoms with Gasteiger partial charge in [0.15, 0.2) is 0 Å². The lowest BCUT2D eigenvalue weighted by molar-refractivity contribution is 0.232. The quantitative estimate of drug-likeness (QED) is 0.849. The Labute approximate surface area is 122 Å². The molecular weight excluding hydrogens is 248 g/mol. The zero-order chi connectivity index (χ0) is 14.5. The summed E-state index contributed by atoms with van der Waals surface area (Å²) in [6.07, 6.45) is 5.76. The lowest BCUT2D eigenvalue weighted by Crippen LogP contribution is -2.43. The molecule has 1 aliphatic carbocycles. The molecule has 110 valence electrons. The first-order valence-electron chi connectivity index (χ1n) is 7.77. The van der Waals surface area contributed by atoms with Crippen molar-refractivity contribution in [3.63, 3.8) is 0 Å². The highest BCUT2D eigenvalue weighted by Crippen LogP contribution is 2.24. The van der Waals surface area contributed by atoms with E-state index in [1.54, 1.807) is 0 Å². The molecule has 0 bridgehead atoms. The average Bonchev–Trinajstić information content (AvgIpc) is 2.43. The number of urea groups is 1. The predicted molar refractivity (Wildman–Crippen MR) is 84.1 cm³/mol. The molecule has 20 heavy (non-hydrogen) atoms. The number of carbonyl (C=O) groups excluding carboxylic acids is 1. The highest BCUT2D eigenvalue weighted by Gasteiger charge is 2.23. The second-order valence-corrected chi connectivity index (χ2v) is 5.93. The standard InChI is InChI=1S/C17H26N2O/c1-4-14-10-7-9-13(3)16(14)19-17(20)18-15-11-6-5-8-12(15)2/h7,9-10,12,15H,4-6,8,11H2,1-3H3,(H2,18,19,20)/t12-,15+/m1/s1. The zero-order valence-corrected chi connectivity index (χ0v) is 12.8. The first kappa shape index (κ1) is 14.9. The van der Waals surface area contributed by atoms with Gasteiger partial charge in [0.2, 0.25) is 0 Å². The lowest BCUT2D eigenvalue weighted by atomic mass is 9.86. The number of hydrogen-bond donors (Lipinski definition) is 2. The van der Waals surface area contributed by atoms with Gasteiger partial charge >= 0.3 is 6.03 Å². The van der Waals surface area contributed by atoms with Crippen molar-refractivity contribution in [3.05, 3.63) is 29.3 Å². The van der Waals surface area contributed by atoms with Crippen molar-refractivity contribution >= 4 is 11.7 Å². The summed E-state index contributed by atoms with van der Waals surface area (Å²) in [7, 11) is 0. The van der Waals surface area contributed by atoms with Gasteiger partial charge in [-0.15, -0.1) is 0 Å². The van der Waals surface area contributed by atoms with Gasteiger partial charge in [-0.2, -0.15) is 0 Å². The third-order valence-electron chi connectivity index (χ3n) is 4.41. The smallest absolute Gasteiger partial charge is 0.319 e. The van der Waals surface area contributed by atoms with Gasteiger partial charge < -0.3 is 10.6 Å². The zero-order valence-electron chi connectivity index (χ0n) is 12.8. The third kappa shape index (κ3) is 3.53. The normalized spacial score (nSPS) is 22.4. The van der Waals surface area contributed by atoms with Crippen molar-refractivity contribution in [2.45, 2.75) is 58.9 Å².